The van der Waals surface area contributed by atoms with E-state index in [1.807, 2.05) is 46.0 Å². The molecule has 0 N–H and O–H groups in total. The zero-order valence-corrected chi connectivity index (χ0v) is 26.3. The Hall–Kier alpha value is -3.68. The van der Waals surface area contributed by atoms with Gasteiger partial charge < -0.3 is 24.2 Å². The summed E-state index contributed by atoms with van der Waals surface area (Å²) >= 11 is 0. The molecular formula is C33H45N7O3. The first-order chi connectivity index (χ1) is 20.6. The van der Waals surface area contributed by atoms with Crippen molar-refractivity contribution >= 4 is 17.3 Å². The Bertz CT molecular complexity index is 1440. The number of piperidine rings is 1. The molecule has 0 saturated carbocycles. The summed E-state index contributed by atoms with van der Waals surface area (Å²) in [5.74, 6) is 1.50. The summed E-state index contributed by atoms with van der Waals surface area (Å²) in [6.45, 7) is 18.4. The molecule has 0 aliphatic carbocycles. The third-order valence-electron chi connectivity index (χ3n) is 8.64. The molecule has 0 amide bonds. The van der Waals surface area contributed by atoms with Crippen molar-refractivity contribution in [3.8, 4) is 22.9 Å². The average Bonchev–Trinajstić information content (AvgIpc) is 3.40. The zero-order valence-electron chi connectivity index (χ0n) is 26.3. The Morgan fingerprint density at radius 3 is 2.37 bits per heavy atom. The van der Waals surface area contributed by atoms with E-state index >= 15 is 0 Å². The summed E-state index contributed by atoms with van der Waals surface area (Å²) in [7, 11) is 0. The number of hydrogen-bond acceptors (Lipinski definition) is 9. The van der Waals surface area contributed by atoms with Gasteiger partial charge in [-0.1, -0.05) is 6.92 Å². The van der Waals surface area contributed by atoms with Crippen molar-refractivity contribution in [1.29, 1.82) is 5.26 Å². The van der Waals surface area contributed by atoms with Gasteiger partial charge in [-0.2, -0.15) is 10.4 Å². The fourth-order valence-corrected chi connectivity index (χ4v) is 6.40. The minimum atomic E-state index is -0.490. The number of aromatic nitrogens is 3. The van der Waals surface area contributed by atoms with Crippen LogP contribution in [0.5, 0.6) is 5.75 Å². The van der Waals surface area contributed by atoms with Crippen molar-refractivity contribution in [2.24, 2.45) is 5.41 Å². The van der Waals surface area contributed by atoms with Crippen molar-refractivity contribution in [2.45, 2.75) is 59.5 Å². The molecule has 10 heteroatoms. The number of esters is 1. The molecule has 2 saturated heterocycles. The number of carbonyl (C=O) groups is 1. The first-order valence-electron chi connectivity index (χ1n) is 15.5. The van der Waals surface area contributed by atoms with Gasteiger partial charge in [-0.15, -0.1) is 0 Å². The molecule has 0 unspecified atom stereocenters. The highest BCUT2D eigenvalue weighted by atomic mass is 16.6. The molecule has 2 aliphatic rings. The van der Waals surface area contributed by atoms with Crippen LogP contribution in [0.15, 0.2) is 36.8 Å². The largest absolute Gasteiger partial charge is 0.492 e. The molecule has 3 aromatic heterocycles. The van der Waals surface area contributed by atoms with Crippen molar-refractivity contribution < 1.29 is 14.3 Å². The summed E-state index contributed by atoms with van der Waals surface area (Å²) in [5.41, 5.74) is 2.40. The Balaban J connectivity index is 1.32. The second kappa shape index (κ2) is 12.9. The predicted octanol–water partition coefficient (Wildman–Crippen LogP) is 4.62. The van der Waals surface area contributed by atoms with Gasteiger partial charge in [-0.25, -0.2) is 9.50 Å². The maximum Gasteiger partial charge on any atom is 0.306 e. The van der Waals surface area contributed by atoms with Gasteiger partial charge in [-0.3, -0.25) is 4.79 Å². The number of anilines is 1. The first kappa shape index (κ1) is 30.8. The Kier molecular flexibility index (Phi) is 9.23. The van der Waals surface area contributed by atoms with Crippen LogP contribution in [0.2, 0.25) is 0 Å². The molecular weight excluding hydrogens is 542 g/mol. The lowest BCUT2D eigenvalue weighted by molar-refractivity contribution is -0.158. The van der Waals surface area contributed by atoms with Crippen molar-refractivity contribution in [1.82, 2.24) is 24.4 Å². The van der Waals surface area contributed by atoms with E-state index in [4.69, 9.17) is 14.5 Å². The van der Waals surface area contributed by atoms with Crippen LogP contribution in [0.4, 0.5) is 5.82 Å². The third kappa shape index (κ3) is 7.28. The van der Waals surface area contributed by atoms with Crippen molar-refractivity contribution in [2.75, 3.05) is 63.9 Å². The molecule has 0 bridgehead atoms. The van der Waals surface area contributed by atoms with E-state index in [0.29, 0.717) is 24.3 Å². The Morgan fingerprint density at radius 1 is 1.05 bits per heavy atom. The SMILES string of the molecule is CCOc1cc(-c2ccc(N3CCC(CC(=O)OC(C)(C)C)(CN4CCN(CC)CC4)CC3)nc2)c2c(C#N)cnn2c1. The van der Waals surface area contributed by atoms with Crippen molar-refractivity contribution in [3.63, 3.8) is 0 Å². The van der Waals surface area contributed by atoms with Gasteiger partial charge in [0.25, 0.3) is 0 Å². The van der Waals surface area contributed by atoms with Gasteiger partial charge in [0.05, 0.1) is 36.5 Å². The van der Waals surface area contributed by atoms with E-state index in [-0.39, 0.29) is 11.4 Å². The minimum absolute atomic E-state index is 0.104. The second-order valence-electron chi connectivity index (χ2n) is 12.9. The molecule has 0 aromatic carbocycles. The lowest BCUT2D eigenvalue weighted by Crippen LogP contribution is -2.53. The fraction of sp³-hybridized carbons (Fsp3) is 0.576. The van der Waals surface area contributed by atoms with Crippen LogP contribution in [0.3, 0.4) is 0 Å². The number of fused-ring (bicyclic) bond motifs is 1. The Morgan fingerprint density at radius 2 is 1.77 bits per heavy atom. The van der Waals surface area contributed by atoms with Crippen molar-refractivity contribution in [3.05, 3.63) is 42.4 Å². The number of ether oxygens (including phenoxy) is 2. The molecule has 3 aromatic rings. The van der Waals surface area contributed by atoms with Gasteiger partial charge in [0.2, 0.25) is 0 Å². The molecule has 230 valence electrons. The standard InChI is InChI=1S/C33H45N7O3/c1-6-37-14-16-38(17-15-37)24-33(19-30(41)43-32(3,4)5)10-12-39(13-11-33)29-9-8-25(21-35-29)28-18-27(42-7-2)23-40-31(28)26(20-34)22-36-40/h8-9,18,21-23H,6-7,10-17,19,24H2,1-5H3. The van der Waals surface area contributed by atoms with Gasteiger partial charge in [-0.05, 0) is 70.7 Å². The van der Waals surface area contributed by atoms with Gasteiger partial charge in [0.15, 0.2) is 0 Å². The summed E-state index contributed by atoms with van der Waals surface area (Å²) in [5, 5.41) is 14.0. The van der Waals surface area contributed by atoms with Crippen LogP contribution < -0.4 is 9.64 Å². The van der Waals surface area contributed by atoms with Crippen LogP contribution >= 0.6 is 0 Å². The molecule has 5 rings (SSSR count). The summed E-state index contributed by atoms with van der Waals surface area (Å²) in [6.07, 6.45) is 7.49. The zero-order chi connectivity index (χ0) is 30.6. The highest BCUT2D eigenvalue weighted by molar-refractivity contribution is 5.85. The number of nitrogens with zero attached hydrogens (tertiary/aromatic N) is 7. The number of carbonyl (C=O) groups excluding carboxylic acids is 1. The van der Waals surface area contributed by atoms with E-state index in [2.05, 4.69) is 38.9 Å². The monoisotopic (exact) mass is 587 g/mol. The topological polar surface area (TPSA) is 99.2 Å². The lowest BCUT2D eigenvalue weighted by Gasteiger charge is -2.46. The number of hydrogen-bond donors (Lipinski definition) is 0. The van der Waals surface area contributed by atoms with Gasteiger partial charge >= 0.3 is 5.97 Å². The quantitative estimate of drug-likeness (QED) is 0.332. The lowest BCUT2D eigenvalue weighted by atomic mass is 9.75. The smallest absolute Gasteiger partial charge is 0.306 e. The number of nitriles is 1. The summed E-state index contributed by atoms with van der Waals surface area (Å²) in [6, 6.07) is 8.30. The fourth-order valence-electron chi connectivity index (χ4n) is 6.40. The molecule has 0 atom stereocenters. The van der Waals surface area contributed by atoms with Crippen LogP contribution in [0, 0.1) is 16.7 Å². The molecule has 5 heterocycles. The molecule has 2 aliphatic heterocycles. The number of pyridine rings is 2. The van der Waals surface area contributed by atoms with Gasteiger partial charge in [0, 0.05) is 63.1 Å². The van der Waals surface area contributed by atoms with Gasteiger partial charge in [0.1, 0.15) is 23.2 Å². The molecule has 2 fully saturated rings. The van der Waals surface area contributed by atoms with E-state index in [1.54, 1.807) is 16.9 Å². The molecule has 0 spiro atoms. The van der Waals surface area contributed by atoms with E-state index in [1.165, 1.54) is 0 Å². The van der Waals surface area contributed by atoms with Crippen LogP contribution in [-0.4, -0.2) is 94.9 Å². The van der Waals surface area contributed by atoms with Crippen LogP contribution in [0.25, 0.3) is 16.6 Å². The highest BCUT2D eigenvalue weighted by Crippen LogP contribution is 2.39. The van der Waals surface area contributed by atoms with E-state index in [0.717, 1.165) is 87.7 Å². The van der Waals surface area contributed by atoms with E-state index in [9.17, 15) is 10.1 Å². The maximum atomic E-state index is 13.1. The second-order valence-corrected chi connectivity index (χ2v) is 12.9. The minimum Gasteiger partial charge on any atom is -0.492 e. The molecule has 43 heavy (non-hydrogen) atoms. The third-order valence-corrected chi connectivity index (χ3v) is 8.64. The Labute approximate surface area is 255 Å². The van der Waals surface area contributed by atoms with Crippen LogP contribution in [0.1, 0.15) is 59.4 Å². The average molecular weight is 588 g/mol. The summed E-state index contributed by atoms with van der Waals surface area (Å²) < 4.78 is 13.3. The summed E-state index contributed by atoms with van der Waals surface area (Å²) in [4.78, 5) is 25.3. The predicted molar refractivity (Wildman–Crippen MR) is 167 cm³/mol. The maximum absolute atomic E-state index is 13.1. The normalized spacial score (nSPS) is 18.0. The van der Waals surface area contributed by atoms with E-state index < -0.39 is 5.60 Å². The molecule has 0 radical (unpaired) electrons. The number of rotatable bonds is 9. The molecule has 10 nitrogen and oxygen atoms in total. The van der Waals surface area contributed by atoms with Crippen LogP contribution in [-0.2, 0) is 9.53 Å². The first-order valence-corrected chi connectivity index (χ1v) is 15.5. The highest BCUT2D eigenvalue weighted by Gasteiger charge is 2.40. The number of likely N-dealkylation sites (N-methyl/N-ethyl adjacent to an activating group) is 1. The number of piperazine rings is 1.